The molecule has 1 fully saturated rings. The van der Waals surface area contributed by atoms with Crippen molar-refractivity contribution in [3.8, 4) is 6.07 Å². The molecule has 0 saturated carbocycles. The molecule has 1 aliphatic heterocycles. The van der Waals surface area contributed by atoms with Crippen LogP contribution in [0.5, 0.6) is 0 Å². The van der Waals surface area contributed by atoms with E-state index < -0.39 is 12.0 Å². The van der Waals surface area contributed by atoms with E-state index in [0.29, 0.717) is 18.5 Å². The fourth-order valence-electron chi connectivity index (χ4n) is 2.35. The number of carboxylic acid groups (broad SMARTS) is 1. The Morgan fingerprint density at radius 2 is 2.39 bits per heavy atom. The third-order valence-corrected chi connectivity index (χ3v) is 3.96. The molecular weight excluding hydrogens is 248 g/mol. The molecule has 18 heavy (non-hydrogen) atoms. The molecule has 1 N–H and O–H groups in total. The van der Waals surface area contributed by atoms with Crippen LogP contribution in [0.25, 0.3) is 0 Å². The quantitative estimate of drug-likeness (QED) is 0.847. The van der Waals surface area contributed by atoms with Crippen LogP contribution in [0.1, 0.15) is 18.4 Å². The molecule has 0 amide bonds. The van der Waals surface area contributed by atoms with E-state index in [2.05, 4.69) is 6.07 Å². The lowest BCUT2D eigenvalue weighted by atomic mass is 10.1. The highest BCUT2D eigenvalue weighted by Gasteiger charge is 2.32. The maximum absolute atomic E-state index is 11.2. The predicted octanol–water partition coefficient (Wildman–Crippen LogP) is 2.33. The van der Waals surface area contributed by atoms with Gasteiger partial charge in [-0.15, -0.1) is 11.8 Å². The van der Waals surface area contributed by atoms with Gasteiger partial charge in [0.1, 0.15) is 12.1 Å². The molecule has 1 atom stereocenters. The van der Waals surface area contributed by atoms with E-state index in [1.54, 1.807) is 0 Å². The fraction of sp³-hybridized carbons (Fsp3) is 0.385. The minimum atomic E-state index is -0.814. The average molecular weight is 262 g/mol. The molecule has 94 valence electrons. The third kappa shape index (κ3) is 2.16. The summed E-state index contributed by atoms with van der Waals surface area (Å²) in [7, 11) is 0. The number of thioether (sulfide) groups is 1. The molecule has 1 aliphatic rings. The number of rotatable bonds is 3. The summed E-state index contributed by atoms with van der Waals surface area (Å²) >= 11 is 1.51. The molecule has 1 saturated heterocycles. The van der Waals surface area contributed by atoms with Gasteiger partial charge in [0, 0.05) is 11.4 Å². The van der Waals surface area contributed by atoms with Crippen LogP contribution in [0.15, 0.2) is 23.1 Å². The molecule has 0 aromatic heterocycles. The third-order valence-electron chi connectivity index (χ3n) is 3.18. The number of aliphatic carboxylic acids is 1. The first-order chi connectivity index (χ1) is 8.69. The van der Waals surface area contributed by atoms with Gasteiger partial charge in [-0.25, -0.2) is 4.79 Å². The van der Waals surface area contributed by atoms with Crippen LogP contribution < -0.4 is 4.90 Å². The smallest absolute Gasteiger partial charge is 0.326 e. The van der Waals surface area contributed by atoms with Gasteiger partial charge in [0.25, 0.3) is 0 Å². The number of hydrogen-bond acceptors (Lipinski definition) is 4. The number of carbonyl (C=O) groups is 1. The molecule has 5 heteroatoms. The van der Waals surface area contributed by atoms with E-state index >= 15 is 0 Å². The first kappa shape index (κ1) is 12.8. The van der Waals surface area contributed by atoms with Crippen molar-refractivity contribution < 1.29 is 9.90 Å². The van der Waals surface area contributed by atoms with E-state index in [4.69, 9.17) is 0 Å². The molecule has 1 unspecified atom stereocenters. The van der Waals surface area contributed by atoms with Crippen LogP contribution in [0, 0.1) is 11.3 Å². The second-order valence-corrected chi connectivity index (χ2v) is 5.00. The van der Waals surface area contributed by atoms with Gasteiger partial charge in [-0.3, -0.25) is 0 Å². The van der Waals surface area contributed by atoms with E-state index in [1.807, 2.05) is 29.4 Å². The molecule has 0 spiro atoms. The molecule has 0 radical (unpaired) electrons. The maximum Gasteiger partial charge on any atom is 0.326 e. The van der Waals surface area contributed by atoms with E-state index in [9.17, 15) is 15.2 Å². The summed E-state index contributed by atoms with van der Waals surface area (Å²) in [6.07, 6.45) is 3.41. The van der Waals surface area contributed by atoms with Gasteiger partial charge >= 0.3 is 5.97 Å². The second kappa shape index (κ2) is 5.32. The fourth-order valence-corrected chi connectivity index (χ4v) is 2.92. The molecule has 1 aromatic rings. The van der Waals surface area contributed by atoms with Gasteiger partial charge in [0.05, 0.1) is 11.3 Å². The van der Waals surface area contributed by atoms with E-state index in [-0.39, 0.29) is 0 Å². The van der Waals surface area contributed by atoms with Crippen LogP contribution >= 0.6 is 11.8 Å². The lowest BCUT2D eigenvalue weighted by molar-refractivity contribution is -0.138. The van der Waals surface area contributed by atoms with Gasteiger partial charge < -0.3 is 10.0 Å². The van der Waals surface area contributed by atoms with E-state index in [1.165, 1.54) is 11.8 Å². The van der Waals surface area contributed by atoms with Gasteiger partial charge in [-0.05, 0) is 31.2 Å². The van der Waals surface area contributed by atoms with E-state index in [0.717, 1.165) is 17.0 Å². The standard InChI is InChI=1S/C13H14N2O2S/c1-18-12-6-2-4-10(9(12)8-14)15-7-3-5-11(15)13(16)17/h2,4,6,11H,3,5,7H2,1H3,(H,16,17). The zero-order valence-electron chi connectivity index (χ0n) is 10.1. The first-order valence-electron chi connectivity index (χ1n) is 5.75. The summed E-state index contributed by atoms with van der Waals surface area (Å²) in [5.74, 6) is -0.814. The van der Waals surface area contributed by atoms with Crippen molar-refractivity contribution in [1.82, 2.24) is 0 Å². The zero-order chi connectivity index (χ0) is 13.1. The largest absolute Gasteiger partial charge is 0.480 e. The van der Waals surface area contributed by atoms with Crippen LogP contribution in [0.2, 0.25) is 0 Å². The molecule has 0 aliphatic carbocycles. The zero-order valence-corrected chi connectivity index (χ0v) is 10.9. The molecule has 4 nitrogen and oxygen atoms in total. The van der Waals surface area contributed by atoms with Gasteiger partial charge in [0.2, 0.25) is 0 Å². The average Bonchev–Trinajstić information content (AvgIpc) is 2.86. The summed E-state index contributed by atoms with van der Waals surface area (Å²) in [4.78, 5) is 13.9. The van der Waals surface area contributed by atoms with Crippen molar-refractivity contribution in [2.24, 2.45) is 0 Å². The van der Waals surface area contributed by atoms with Crippen LogP contribution in [0.4, 0.5) is 5.69 Å². The van der Waals surface area contributed by atoms with Crippen LogP contribution in [0.3, 0.4) is 0 Å². The Balaban J connectivity index is 2.45. The summed E-state index contributed by atoms with van der Waals surface area (Å²) in [5.41, 5.74) is 1.33. The van der Waals surface area contributed by atoms with Crippen LogP contribution in [-0.4, -0.2) is 29.9 Å². The highest BCUT2D eigenvalue weighted by Crippen LogP contribution is 2.33. The van der Waals surface area contributed by atoms with Crippen molar-refractivity contribution in [2.75, 3.05) is 17.7 Å². The SMILES string of the molecule is CSc1cccc(N2CCCC2C(=O)O)c1C#N. The number of hydrogen-bond donors (Lipinski definition) is 1. The van der Waals surface area contributed by atoms with Crippen molar-refractivity contribution >= 4 is 23.4 Å². The van der Waals surface area contributed by atoms with Gasteiger partial charge in [-0.2, -0.15) is 5.26 Å². The second-order valence-electron chi connectivity index (χ2n) is 4.16. The highest BCUT2D eigenvalue weighted by atomic mass is 32.2. The lowest BCUT2D eigenvalue weighted by Crippen LogP contribution is -2.36. The topological polar surface area (TPSA) is 64.3 Å². The highest BCUT2D eigenvalue weighted by molar-refractivity contribution is 7.98. The number of carboxylic acids is 1. The number of nitrogens with zero attached hydrogens (tertiary/aromatic N) is 2. The maximum atomic E-state index is 11.2. The minimum absolute atomic E-state index is 0.505. The Morgan fingerprint density at radius 1 is 1.61 bits per heavy atom. The minimum Gasteiger partial charge on any atom is -0.480 e. The Morgan fingerprint density at radius 3 is 3.00 bits per heavy atom. The van der Waals surface area contributed by atoms with Gasteiger partial charge in [0.15, 0.2) is 0 Å². The Labute approximate surface area is 110 Å². The summed E-state index contributed by atoms with van der Waals surface area (Å²) in [6.45, 7) is 0.698. The summed E-state index contributed by atoms with van der Waals surface area (Å²) in [5, 5.41) is 18.5. The molecule has 1 heterocycles. The van der Waals surface area contributed by atoms with Gasteiger partial charge in [-0.1, -0.05) is 6.07 Å². The first-order valence-corrected chi connectivity index (χ1v) is 6.98. The Bertz CT molecular complexity index is 510. The molecule has 1 aromatic carbocycles. The number of anilines is 1. The number of nitriles is 1. The monoisotopic (exact) mass is 262 g/mol. The Kier molecular flexibility index (Phi) is 3.78. The van der Waals surface area contributed by atoms with Crippen molar-refractivity contribution in [2.45, 2.75) is 23.8 Å². The van der Waals surface area contributed by atoms with Crippen molar-refractivity contribution in [3.63, 3.8) is 0 Å². The summed E-state index contributed by atoms with van der Waals surface area (Å²) < 4.78 is 0. The van der Waals surface area contributed by atoms with Crippen molar-refractivity contribution in [3.05, 3.63) is 23.8 Å². The number of benzene rings is 1. The Hall–Kier alpha value is -1.67. The van der Waals surface area contributed by atoms with Crippen LogP contribution in [-0.2, 0) is 4.79 Å². The predicted molar refractivity (Wildman–Crippen MR) is 70.9 cm³/mol. The molecule has 0 bridgehead atoms. The lowest BCUT2D eigenvalue weighted by Gasteiger charge is -2.25. The molecule has 2 rings (SSSR count). The summed E-state index contributed by atoms with van der Waals surface area (Å²) in [6, 6.07) is 7.29. The normalized spacial score (nSPS) is 18.7. The van der Waals surface area contributed by atoms with Crippen molar-refractivity contribution in [1.29, 1.82) is 5.26 Å². The molecular formula is C13H14N2O2S.